The second-order valence-corrected chi connectivity index (χ2v) is 6.73. The van der Waals surface area contributed by atoms with Gasteiger partial charge in [0.15, 0.2) is 0 Å². The summed E-state index contributed by atoms with van der Waals surface area (Å²) >= 11 is 6.28. The molecule has 1 saturated heterocycles. The van der Waals surface area contributed by atoms with E-state index in [-0.39, 0.29) is 17.9 Å². The summed E-state index contributed by atoms with van der Waals surface area (Å²) in [5, 5.41) is 0.653. The number of anilines is 1. The molecule has 2 N–H and O–H groups in total. The van der Waals surface area contributed by atoms with Crippen molar-refractivity contribution in [3.05, 3.63) is 23.2 Å². The number of primary amides is 1. The van der Waals surface area contributed by atoms with Crippen molar-refractivity contribution in [1.29, 1.82) is 0 Å². The Kier molecular flexibility index (Phi) is 4.77. The van der Waals surface area contributed by atoms with Gasteiger partial charge in [0.2, 0.25) is 5.91 Å². The number of amides is 1. The highest BCUT2D eigenvalue weighted by atomic mass is 35.5. The summed E-state index contributed by atoms with van der Waals surface area (Å²) in [7, 11) is 0. The number of ether oxygens (including phenoxy) is 1. The minimum Gasteiger partial charge on any atom is -0.489 e. The summed E-state index contributed by atoms with van der Waals surface area (Å²) in [4.78, 5) is 13.5. The summed E-state index contributed by atoms with van der Waals surface area (Å²) in [6.07, 6.45) is 7.07. The van der Waals surface area contributed by atoms with Crippen LogP contribution in [0.2, 0.25) is 5.02 Å². The highest BCUT2D eigenvalue weighted by Crippen LogP contribution is 2.34. The minimum atomic E-state index is -0.213. The highest BCUT2D eigenvalue weighted by Gasteiger charge is 2.27. The maximum Gasteiger partial charge on any atom is 0.222 e. The van der Waals surface area contributed by atoms with Crippen molar-refractivity contribution in [2.24, 2.45) is 11.7 Å². The normalized spacial score (nSPS) is 22.8. The molecule has 1 saturated carbocycles. The molecule has 3 rings (SSSR count). The zero-order valence-electron chi connectivity index (χ0n) is 12.8. The fourth-order valence-corrected chi connectivity index (χ4v) is 3.53. The zero-order chi connectivity index (χ0) is 15.5. The standard InChI is InChI=1S/C17H23ClN2O2/c18-15-7-6-13(20-9-8-12(11-20)17(19)21)10-16(15)22-14-4-2-1-3-5-14/h6-7,10,12,14H,1-5,8-9,11H2,(H2,19,21)/t12-/m1/s1. The van der Waals surface area contributed by atoms with Crippen LogP contribution in [0.1, 0.15) is 38.5 Å². The minimum absolute atomic E-state index is 0.0570. The maximum absolute atomic E-state index is 11.3. The smallest absolute Gasteiger partial charge is 0.222 e. The number of carbonyl (C=O) groups is 1. The van der Waals surface area contributed by atoms with Crippen LogP contribution >= 0.6 is 11.6 Å². The first-order valence-corrected chi connectivity index (χ1v) is 8.52. The lowest BCUT2D eigenvalue weighted by Gasteiger charge is -2.25. The Morgan fingerprint density at radius 3 is 2.68 bits per heavy atom. The molecule has 2 fully saturated rings. The summed E-state index contributed by atoms with van der Waals surface area (Å²) in [6, 6.07) is 5.87. The topological polar surface area (TPSA) is 55.6 Å². The Morgan fingerprint density at radius 2 is 2.00 bits per heavy atom. The van der Waals surface area contributed by atoms with Crippen LogP contribution in [0.4, 0.5) is 5.69 Å². The van der Waals surface area contributed by atoms with Crippen LogP contribution in [-0.4, -0.2) is 25.1 Å². The first-order valence-electron chi connectivity index (χ1n) is 8.14. The van der Waals surface area contributed by atoms with Crippen LogP contribution in [0.5, 0.6) is 5.75 Å². The van der Waals surface area contributed by atoms with Crippen LogP contribution in [0.25, 0.3) is 0 Å². The lowest BCUT2D eigenvalue weighted by molar-refractivity contribution is -0.121. The van der Waals surface area contributed by atoms with E-state index >= 15 is 0 Å². The predicted octanol–water partition coefficient (Wildman–Crippen LogP) is 3.36. The molecule has 1 heterocycles. The van der Waals surface area contributed by atoms with Gasteiger partial charge in [-0.1, -0.05) is 18.0 Å². The molecule has 0 radical (unpaired) electrons. The number of halogens is 1. The Morgan fingerprint density at radius 1 is 1.23 bits per heavy atom. The van der Waals surface area contributed by atoms with Crippen LogP contribution in [-0.2, 0) is 4.79 Å². The van der Waals surface area contributed by atoms with Crippen molar-refractivity contribution in [1.82, 2.24) is 0 Å². The molecule has 2 aliphatic rings. The summed E-state index contributed by atoms with van der Waals surface area (Å²) in [5.74, 6) is 0.488. The van der Waals surface area contributed by atoms with E-state index in [1.165, 1.54) is 19.3 Å². The van der Waals surface area contributed by atoms with Gasteiger partial charge >= 0.3 is 0 Å². The van der Waals surface area contributed by atoms with Gasteiger partial charge in [-0.05, 0) is 44.2 Å². The molecule has 4 nitrogen and oxygen atoms in total. The number of rotatable bonds is 4. The summed E-state index contributed by atoms with van der Waals surface area (Å²) in [5.41, 5.74) is 6.46. The van der Waals surface area contributed by atoms with Crippen LogP contribution in [0.15, 0.2) is 18.2 Å². The van der Waals surface area contributed by atoms with Crippen LogP contribution in [0, 0.1) is 5.92 Å². The lowest BCUT2D eigenvalue weighted by atomic mass is 9.98. The van der Waals surface area contributed by atoms with Gasteiger partial charge in [0.05, 0.1) is 17.0 Å². The summed E-state index contributed by atoms with van der Waals surface area (Å²) in [6.45, 7) is 1.53. The molecule has 0 unspecified atom stereocenters. The monoisotopic (exact) mass is 322 g/mol. The van der Waals surface area contributed by atoms with E-state index in [4.69, 9.17) is 22.1 Å². The molecular weight excluding hydrogens is 300 g/mol. The van der Waals surface area contributed by atoms with E-state index < -0.39 is 0 Å². The fourth-order valence-electron chi connectivity index (χ4n) is 3.37. The van der Waals surface area contributed by atoms with Gasteiger partial charge in [-0.25, -0.2) is 0 Å². The average molecular weight is 323 g/mol. The second-order valence-electron chi connectivity index (χ2n) is 6.33. The molecule has 0 bridgehead atoms. The summed E-state index contributed by atoms with van der Waals surface area (Å²) < 4.78 is 6.11. The van der Waals surface area contributed by atoms with Crippen molar-refractivity contribution >= 4 is 23.2 Å². The number of nitrogens with two attached hydrogens (primary N) is 1. The molecule has 1 aliphatic carbocycles. The van der Waals surface area contributed by atoms with E-state index in [0.29, 0.717) is 11.6 Å². The fraction of sp³-hybridized carbons (Fsp3) is 0.588. The van der Waals surface area contributed by atoms with E-state index in [1.807, 2.05) is 18.2 Å². The molecular formula is C17H23ClN2O2. The van der Waals surface area contributed by atoms with E-state index in [2.05, 4.69) is 4.90 Å². The van der Waals surface area contributed by atoms with Gasteiger partial charge in [-0.2, -0.15) is 0 Å². The maximum atomic E-state index is 11.3. The van der Waals surface area contributed by atoms with E-state index in [9.17, 15) is 4.79 Å². The molecule has 1 aromatic carbocycles. The SMILES string of the molecule is NC(=O)[C@@H]1CCN(c2ccc(Cl)c(OC3CCCCC3)c2)C1. The predicted molar refractivity (Wildman–Crippen MR) is 88.5 cm³/mol. The quantitative estimate of drug-likeness (QED) is 0.924. The van der Waals surface area contributed by atoms with Gasteiger partial charge in [-0.15, -0.1) is 0 Å². The molecule has 120 valence electrons. The number of benzene rings is 1. The van der Waals surface area contributed by atoms with E-state index in [0.717, 1.165) is 37.2 Å². The van der Waals surface area contributed by atoms with Gasteiger partial charge in [-0.3, -0.25) is 4.79 Å². The first-order chi connectivity index (χ1) is 10.6. The molecule has 1 atom stereocenters. The number of carbonyl (C=O) groups excluding carboxylic acids is 1. The number of hydrogen-bond acceptors (Lipinski definition) is 3. The van der Waals surface area contributed by atoms with Crippen LogP contribution < -0.4 is 15.4 Å². The van der Waals surface area contributed by atoms with Crippen molar-refractivity contribution in [2.45, 2.75) is 44.6 Å². The zero-order valence-corrected chi connectivity index (χ0v) is 13.5. The first kappa shape index (κ1) is 15.5. The molecule has 22 heavy (non-hydrogen) atoms. The average Bonchev–Trinajstić information content (AvgIpc) is 3.01. The van der Waals surface area contributed by atoms with Crippen molar-refractivity contribution in [3.63, 3.8) is 0 Å². The number of nitrogens with zero attached hydrogens (tertiary/aromatic N) is 1. The van der Waals surface area contributed by atoms with Gasteiger partial charge in [0, 0.05) is 24.8 Å². The third-order valence-corrected chi connectivity index (χ3v) is 5.03. The molecule has 1 aliphatic heterocycles. The molecule has 0 aromatic heterocycles. The van der Waals surface area contributed by atoms with Gasteiger partial charge < -0.3 is 15.4 Å². The second kappa shape index (κ2) is 6.78. The largest absolute Gasteiger partial charge is 0.489 e. The van der Waals surface area contributed by atoms with Crippen molar-refractivity contribution < 1.29 is 9.53 Å². The Hall–Kier alpha value is -1.42. The van der Waals surface area contributed by atoms with Gasteiger partial charge in [0.25, 0.3) is 0 Å². The Labute approximate surface area is 136 Å². The third kappa shape index (κ3) is 3.49. The van der Waals surface area contributed by atoms with Crippen LogP contribution in [0.3, 0.4) is 0 Å². The molecule has 1 aromatic rings. The van der Waals surface area contributed by atoms with E-state index in [1.54, 1.807) is 0 Å². The highest BCUT2D eigenvalue weighted by molar-refractivity contribution is 6.32. The van der Waals surface area contributed by atoms with Crippen molar-refractivity contribution in [2.75, 3.05) is 18.0 Å². The Bertz CT molecular complexity index is 543. The Balaban J connectivity index is 1.71. The number of hydrogen-bond donors (Lipinski definition) is 1. The molecule has 5 heteroatoms. The molecule has 0 spiro atoms. The van der Waals surface area contributed by atoms with Gasteiger partial charge in [0.1, 0.15) is 5.75 Å². The molecule has 1 amide bonds. The lowest BCUT2D eigenvalue weighted by Crippen LogP contribution is -2.27. The third-order valence-electron chi connectivity index (χ3n) is 4.72. The van der Waals surface area contributed by atoms with Crippen molar-refractivity contribution in [3.8, 4) is 5.75 Å².